The minimum atomic E-state index is -0.0907. The lowest BCUT2D eigenvalue weighted by Crippen LogP contribution is -2.51. The molecule has 2 atom stereocenters. The van der Waals surface area contributed by atoms with Gasteiger partial charge in [-0.15, -0.1) is 24.0 Å². The third-order valence-electron chi connectivity index (χ3n) is 5.15. The van der Waals surface area contributed by atoms with Crippen LogP contribution in [-0.4, -0.2) is 55.6 Å². The van der Waals surface area contributed by atoms with E-state index in [4.69, 9.17) is 21.3 Å². The van der Waals surface area contributed by atoms with Gasteiger partial charge < -0.3 is 20.3 Å². The molecule has 1 aromatic rings. The Labute approximate surface area is 189 Å². The fourth-order valence-electron chi connectivity index (χ4n) is 3.86. The molecule has 2 heterocycles. The Balaban J connectivity index is 0.00000280. The first-order valence-electron chi connectivity index (χ1n) is 9.72. The van der Waals surface area contributed by atoms with Crippen molar-refractivity contribution in [3.05, 3.63) is 29.3 Å². The number of rotatable bonds is 5. The predicted molar refractivity (Wildman–Crippen MR) is 124 cm³/mol. The molecule has 2 aliphatic heterocycles. The van der Waals surface area contributed by atoms with Gasteiger partial charge in [0.1, 0.15) is 11.9 Å². The minimum Gasteiger partial charge on any atom is -0.487 e. The first-order valence-corrected chi connectivity index (χ1v) is 10.1. The first kappa shape index (κ1) is 23.1. The van der Waals surface area contributed by atoms with Crippen molar-refractivity contribution in [1.82, 2.24) is 15.5 Å². The van der Waals surface area contributed by atoms with Gasteiger partial charge in [-0.3, -0.25) is 4.79 Å². The molecule has 2 N–H and O–H groups in total. The topological polar surface area (TPSA) is 66.0 Å². The third kappa shape index (κ3) is 5.89. The molecule has 1 spiro atoms. The summed E-state index contributed by atoms with van der Waals surface area (Å²) < 4.78 is 5.93. The Hall–Kier alpha value is -1.22. The Kier molecular flexibility index (Phi) is 8.67. The number of hydrogen-bond donors (Lipinski definition) is 2. The summed E-state index contributed by atoms with van der Waals surface area (Å²) in [4.78, 5) is 18.8. The summed E-state index contributed by atoms with van der Waals surface area (Å²) >= 11 is 6.17. The summed E-state index contributed by atoms with van der Waals surface area (Å²) in [6.07, 6.45) is 2.69. The predicted octanol–water partition coefficient (Wildman–Crippen LogP) is 3.29. The van der Waals surface area contributed by atoms with Crippen LogP contribution in [0.25, 0.3) is 0 Å². The first-order chi connectivity index (χ1) is 13.0. The standard InChI is InChI=1S/C20H29ClN4O2.HI/c1-3-22-19(23-12-15(2)27-17-8-5-4-7-16(17)21)25-10-6-9-20(14-25)11-18(26)24-13-20;/h4-5,7-8,15H,3,6,9-14H2,1-2H3,(H,22,23)(H,24,26);1H. The summed E-state index contributed by atoms with van der Waals surface area (Å²) in [6, 6.07) is 7.48. The molecule has 28 heavy (non-hydrogen) atoms. The van der Waals surface area contributed by atoms with Gasteiger partial charge in [0.15, 0.2) is 5.96 Å². The van der Waals surface area contributed by atoms with E-state index in [0.29, 0.717) is 23.7 Å². The molecule has 0 aromatic heterocycles. The van der Waals surface area contributed by atoms with Crippen LogP contribution in [0.3, 0.4) is 0 Å². The molecule has 2 saturated heterocycles. The van der Waals surface area contributed by atoms with Gasteiger partial charge in [-0.05, 0) is 38.8 Å². The van der Waals surface area contributed by atoms with Crippen LogP contribution in [0.2, 0.25) is 5.02 Å². The third-order valence-corrected chi connectivity index (χ3v) is 5.47. The Morgan fingerprint density at radius 2 is 2.25 bits per heavy atom. The van der Waals surface area contributed by atoms with Gasteiger partial charge >= 0.3 is 0 Å². The van der Waals surface area contributed by atoms with Crippen molar-refractivity contribution in [2.45, 2.75) is 39.2 Å². The van der Waals surface area contributed by atoms with Crippen molar-refractivity contribution >= 4 is 47.4 Å². The Morgan fingerprint density at radius 1 is 1.46 bits per heavy atom. The van der Waals surface area contributed by atoms with E-state index >= 15 is 0 Å². The maximum absolute atomic E-state index is 11.7. The Bertz CT molecular complexity index is 703. The number of carbonyl (C=O) groups excluding carboxylic acids is 1. The lowest BCUT2D eigenvalue weighted by atomic mass is 9.79. The molecule has 8 heteroatoms. The summed E-state index contributed by atoms with van der Waals surface area (Å²) in [7, 11) is 0. The van der Waals surface area contributed by atoms with Gasteiger partial charge in [0.05, 0.1) is 11.6 Å². The molecule has 2 aliphatic rings. The highest BCUT2D eigenvalue weighted by Gasteiger charge is 2.42. The summed E-state index contributed by atoms with van der Waals surface area (Å²) in [5, 5.41) is 6.99. The molecule has 2 fully saturated rings. The molecule has 1 amide bonds. The fraction of sp³-hybridized carbons (Fsp3) is 0.600. The van der Waals surface area contributed by atoms with E-state index in [1.807, 2.05) is 31.2 Å². The number of guanidine groups is 1. The number of carbonyl (C=O) groups is 1. The maximum atomic E-state index is 11.7. The van der Waals surface area contributed by atoms with Gasteiger partial charge in [-0.1, -0.05) is 23.7 Å². The number of ether oxygens (including phenoxy) is 1. The fourth-order valence-corrected chi connectivity index (χ4v) is 4.04. The van der Waals surface area contributed by atoms with E-state index in [1.165, 1.54) is 0 Å². The quantitative estimate of drug-likeness (QED) is 0.355. The zero-order valence-electron chi connectivity index (χ0n) is 16.5. The van der Waals surface area contributed by atoms with Crippen molar-refractivity contribution in [2.24, 2.45) is 10.4 Å². The number of amides is 1. The highest BCUT2D eigenvalue weighted by molar-refractivity contribution is 14.0. The average Bonchev–Trinajstić information content (AvgIpc) is 3.00. The smallest absolute Gasteiger partial charge is 0.220 e. The van der Waals surface area contributed by atoms with Gasteiger partial charge in [0.25, 0.3) is 0 Å². The molecule has 3 rings (SSSR count). The number of benzene rings is 1. The van der Waals surface area contributed by atoms with Crippen LogP contribution >= 0.6 is 35.6 Å². The second-order valence-corrected chi connectivity index (χ2v) is 7.94. The molecule has 2 unspecified atom stereocenters. The van der Waals surface area contributed by atoms with E-state index in [1.54, 1.807) is 0 Å². The van der Waals surface area contributed by atoms with Crippen molar-refractivity contribution in [3.8, 4) is 5.75 Å². The van der Waals surface area contributed by atoms with E-state index in [-0.39, 0.29) is 41.4 Å². The second kappa shape index (κ2) is 10.5. The van der Waals surface area contributed by atoms with E-state index in [0.717, 1.165) is 45.0 Å². The molecule has 0 aliphatic carbocycles. The zero-order valence-corrected chi connectivity index (χ0v) is 19.6. The zero-order chi connectivity index (χ0) is 19.3. The number of likely N-dealkylation sites (tertiary alicyclic amines) is 1. The normalized spacial score (nSPS) is 23.2. The maximum Gasteiger partial charge on any atom is 0.220 e. The highest BCUT2D eigenvalue weighted by Crippen LogP contribution is 2.36. The van der Waals surface area contributed by atoms with Crippen LogP contribution < -0.4 is 15.4 Å². The van der Waals surface area contributed by atoms with Crippen LogP contribution in [0.5, 0.6) is 5.75 Å². The van der Waals surface area contributed by atoms with Gasteiger partial charge in [0.2, 0.25) is 5.91 Å². The minimum absolute atomic E-state index is 0. The molecular weight excluding hydrogens is 491 g/mol. The lowest BCUT2D eigenvalue weighted by molar-refractivity contribution is -0.119. The second-order valence-electron chi connectivity index (χ2n) is 7.53. The summed E-state index contributed by atoms with van der Waals surface area (Å²) in [5.41, 5.74) is 0.0468. The number of piperidine rings is 1. The molecule has 1 aromatic carbocycles. The van der Waals surface area contributed by atoms with Crippen LogP contribution in [0.1, 0.15) is 33.1 Å². The summed E-state index contributed by atoms with van der Waals surface area (Å²) in [6.45, 7) is 7.99. The van der Waals surface area contributed by atoms with Crippen LogP contribution in [0, 0.1) is 5.41 Å². The van der Waals surface area contributed by atoms with Crippen LogP contribution in [0.15, 0.2) is 29.3 Å². The molecule has 6 nitrogen and oxygen atoms in total. The van der Waals surface area contributed by atoms with Crippen LogP contribution in [0.4, 0.5) is 0 Å². The molecule has 0 radical (unpaired) electrons. The van der Waals surface area contributed by atoms with Crippen molar-refractivity contribution < 1.29 is 9.53 Å². The van der Waals surface area contributed by atoms with E-state index in [2.05, 4.69) is 22.5 Å². The van der Waals surface area contributed by atoms with Crippen molar-refractivity contribution in [2.75, 3.05) is 32.7 Å². The molecular formula is C20H30ClIN4O2. The van der Waals surface area contributed by atoms with Crippen LogP contribution in [-0.2, 0) is 4.79 Å². The van der Waals surface area contributed by atoms with Gasteiger partial charge in [-0.25, -0.2) is 4.99 Å². The number of para-hydroxylation sites is 1. The average molecular weight is 521 g/mol. The molecule has 0 saturated carbocycles. The van der Waals surface area contributed by atoms with Crippen molar-refractivity contribution in [3.63, 3.8) is 0 Å². The lowest BCUT2D eigenvalue weighted by Gasteiger charge is -2.40. The van der Waals surface area contributed by atoms with Gasteiger partial charge in [-0.2, -0.15) is 0 Å². The largest absolute Gasteiger partial charge is 0.487 e. The number of nitrogens with zero attached hydrogens (tertiary/aromatic N) is 2. The van der Waals surface area contributed by atoms with E-state index in [9.17, 15) is 4.79 Å². The molecule has 0 bridgehead atoms. The number of halogens is 2. The number of aliphatic imine (C=N–C) groups is 1. The number of hydrogen-bond acceptors (Lipinski definition) is 3. The summed E-state index contributed by atoms with van der Waals surface area (Å²) in [5.74, 6) is 1.74. The SMILES string of the molecule is CCNC(=NCC(C)Oc1ccccc1Cl)N1CCCC2(CNC(=O)C2)C1.I. The molecule has 156 valence electrons. The van der Waals surface area contributed by atoms with Gasteiger partial charge in [0, 0.05) is 38.0 Å². The highest BCUT2D eigenvalue weighted by atomic mass is 127. The number of nitrogens with one attached hydrogen (secondary N) is 2. The van der Waals surface area contributed by atoms with E-state index < -0.39 is 0 Å². The monoisotopic (exact) mass is 520 g/mol. The Morgan fingerprint density at radius 3 is 2.93 bits per heavy atom. The van der Waals surface area contributed by atoms with Crippen molar-refractivity contribution in [1.29, 1.82) is 0 Å².